The van der Waals surface area contributed by atoms with E-state index in [9.17, 15) is 0 Å². The zero-order chi connectivity index (χ0) is 16.8. The quantitative estimate of drug-likeness (QED) is 0.745. The lowest BCUT2D eigenvalue weighted by atomic mass is 10.1. The summed E-state index contributed by atoms with van der Waals surface area (Å²) >= 11 is 0. The van der Waals surface area contributed by atoms with Crippen molar-refractivity contribution in [3.63, 3.8) is 0 Å². The predicted octanol–water partition coefficient (Wildman–Crippen LogP) is 4.03. The lowest BCUT2D eigenvalue weighted by Crippen LogP contribution is -2.23. The van der Waals surface area contributed by atoms with Crippen molar-refractivity contribution >= 4 is 11.8 Å². The molecule has 122 valence electrons. The van der Waals surface area contributed by atoms with Crippen molar-refractivity contribution in [3.05, 3.63) is 83.6 Å². The maximum absolute atomic E-state index is 4.65. The highest BCUT2D eigenvalue weighted by Gasteiger charge is 2.12. The predicted molar refractivity (Wildman–Crippen MR) is 99.1 cm³/mol. The zero-order valence-corrected chi connectivity index (χ0v) is 14.1. The van der Waals surface area contributed by atoms with Crippen LogP contribution in [0, 0.1) is 6.92 Å². The van der Waals surface area contributed by atoms with Crippen molar-refractivity contribution in [2.45, 2.75) is 20.0 Å². The second-order valence-electron chi connectivity index (χ2n) is 5.77. The minimum atomic E-state index is 0.649. The summed E-state index contributed by atoms with van der Waals surface area (Å²) in [5, 5.41) is 3.04. The number of benzene rings is 2. The van der Waals surface area contributed by atoms with E-state index in [0.717, 1.165) is 24.6 Å². The van der Waals surface area contributed by atoms with Crippen LogP contribution in [0.25, 0.3) is 0 Å². The van der Waals surface area contributed by atoms with Crippen LogP contribution in [0.5, 0.6) is 0 Å². The summed E-state index contributed by atoms with van der Waals surface area (Å²) in [5.74, 6) is 1.58. The lowest BCUT2D eigenvalue weighted by molar-refractivity contribution is 0.779. The summed E-state index contributed by atoms with van der Waals surface area (Å²) in [6.45, 7) is 3.60. The van der Waals surface area contributed by atoms with Crippen LogP contribution in [0.3, 0.4) is 0 Å². The fourth-order valence-electron chi connectivity index (χ4n) is 2.65. The first-order chi connectivity index (χ1) is 11.7. The Hall–Kier alpha value is -2.88. The largest absolute Gasteiger partial charge is 0.357 e. The van der Waals surface area contributed by atoms with Crippen molar-refractivity contribution in [1.29, 1.82) is 0 Å². The van der Waals surface area contributed by atoms with Crippen molar-refractivity contribution in [1.82, 2.24) is 9.97 Å². The van der Waals surface area contributed by atoms with E-state index in [1.807, 2.05) is 32.2 Å². The van der Waals surface area contributed by atoms with Gasteiger partial charge < -0.3 is 10.2 Å². The molecular weight excluding hydrogens is 296 g/mol. The third-order valence-corrected chi connectivity index (χ3v) is 3.82. The topological polar surface area (TPSA) is 41.1 Å². The summed E-state index contributed by atoms with van der Waals surface area (Å²) in [4.78, 5) is 11.3. The lowest BCUT2D eigenvalue weighted by Gasteiger charge is -2.25. The molecule has 3 aromatic rings. The fourth-order valence-corrected chi connectivity index (χ4v) is 2.65. The molecule has 0 aliphatic heterocycles. The van der Waals surface area contributed by atoms with E-state index in [1.54, 1.807) is 0 Å². The van der Waals surface area contributed by atoms with Crippen molar-refractivity contribution in [2.75, 3.05) is 17.3 Å². The average molecular weight is 318 g/mol. The van der Waals surface area contributed by atoms with Gasteiger partial charge in [-0.15, -0.1) is 0 Å². The molecule has 1 heterocycles. The Morgan fingerprint density at radius 1 is 0.833 bits per heavy atom. The Balaban J connectivity index is 1.93. The van der Waals surface area contributed by atoms with Gasteiger partial charge in [-0.1, -0.05) is 60.7 Å². The first kappa shape index (κ1) is 16.0. The van der Waals surface area contributed by atoms with Crippen LogP contribution in [-0.4, -0.2) is 17.0 Å². The zero-order valence-electron chi connectivity index (χ0n) is 14.1. The summed E-state index contributed by atoms with van der Waals surface area (Å²) in [5.41, 5.74) is 3.47. The molecule has 0 amide bonds. The molecular formula is C20H22N4. The number of nitrogens with zero attached hydrogens (tertiary/aromatic N) is 3. The van der Waals surface area contributed by atoms with Gasteiger partial charge in [0.2, 0.25) is 5.95 Å². The van der Waals surface area contributed by atoms with Crippen LogP contribution in [0.15, 0.2) is 66.7 Å². The molecule has 0 aliphatic carbocycles. The van der Waals surface area contributed by atoms with Gasteiger partial charge in [0.15, 0.2) is 0 Å². The SMILES string of the molecule is CNc1nc(C)cc(N(Cc2ccccc2)Cc2ccccc2)n1. The Bertz CT molecular complexity index is 731. The van der Waals surface area contributed by atoms with Gasteiger partial charge in [0, 0.05) is 31.9 Å². The first-order valence-corrected chi connectivity index (χ1v) is 8.11. The van der Waals surface area contributed by atoms with E-state index >= 15 is 0 Å². The second-order valence-corrected chi connectivity index (χ2v) is 5.77. The molecule has 0 saturated carbocycles. The smallest absolute Gasteiger partial charge is 0.224 e. The molecule has 4 nitrogen and oxygen atoms in total. The minimum Gasteiger partial charge on any atom is -0.357 e. The van der Waals surface area contributed by atoms with Crippen LogP contribution in [-0.2, 0) is 13.1 Å². The highest BCUT2D eigenvalue weighted by molar-refractivity contribution is 5.46. The summed E-state index contributed by atoms with van der Waals surface area (Å²) in [6, 6.07) is 23.0. The molecule has 0 radical (unpaired) electrons. The van der Waals surface area contributed by atoms with E-state index in [-0.39, 0.29) is 0 Å². The third-order valence-electron chi connectivity index (χ3n) is 3.82. The maximum atomic E-state index is 4.65. The Morgan fingerprint density at radius 3 is 1.88 bits per heavy atom. The normalized spacial score (nSPS) is 10.4. The number of aryl methyl sites for hydroxylation is 1. The van der Waals surface area contributed by atoms with Gasteiger partial charge in [-0.2, -0.15) is 4.98 Å². The molecule has 24 heavy (non-hydrogen) atoms. The van der Waals surface area contributed by atoms with Crippen LogP contribution >= 0.6 is 0 Å². The summed E-state index contributed by atoms with van der Waals surface area (Å²) < 4.78 is 0. The average Bonchev–Trinajstić information content (AvgIpc) is 2.62. The van der Waals surface area contributed by atoms with Gasteiger partial charge in [0.1, 0.15) is 5.82 Å². The van der Waals surface area contributed by atoms with Gasteiger partial charge in [0.05, 0.1) is 0 Å². The highest BCUT2D eigenvalue weighted by atomic mass is 15.2. The van der Waals surface area contributed by atoms with Gasteiger partial charge in [-0.05, 0) is 18.1 Å². The van der Waals surface area contributed by atoms with Crippen LogP contribution in [0.2, 0.25) is 0 Å². The Labute approximate surface area is 143 Å². The van der Waals surface area contributed by atoms with Gasteiger partial charge in [-0.25, -0.2) is 4.98 Å². The molecule has 0 atom stereocenters. The number of aromatic nitrogens is 2. The van der Waals surface area contributed by atoms with Crippen LogP contribution in [0.1, 0.15) is 16.8 Å². The van der Waals surface area contributed by atoms with Crippen molar-refractivity contribution in [2.24, 2.45) is 0 Å². The van der Waals surface area contributed by atoms with Gasteiger partial charge in [0.25, 0.3) is 0 Å². The standard InChI is InChI=1S/C20H22N4/c1-16-13-19(23-20(21-2)22-16)24(14-17-9-5-3-6-10-17)15-18-11-7-4-8-12-18/h3-13H,14-15H2,1-2H3,(H,21,22,23). The number of hydrogen-bond donors (Lipinski definition) is 1. The van der Waals surface area contributed by atoms with E-state index in [1.165, 1.54) is 11.1 Å². The van der Waals surface area contributed by atoms with Gasteiger partial charge in [-0.3, -0.25) is 0 Å². The van der Waals surface area contributed by atoms with Crippen molar-refractivity contribution in [3.8, 4) is 0 Å². The molecule has 0 unspecified atom stereocenters. The Kier molecular flexibility index (Phi) is 5.06. The number of hydrogen-bond acceptors (Lipinski definition) is 4. The monoisotopic (exact) mass is 318 g/mol. The molecule has 1 N–H and O–H groups in total. The molecule has 0 spiro atoms. The van der Waals surface area contributed by atoms with Gasteiger partial charge >= 0.3 is 0 Å². The summed E-state index contributed by atoms with van der Waals surface area (Å²) in [6.07, 6.45) is 0. The molecule has 0 aliphatic rings. The van der Waals surface area contributed by atoms with E-state index in [0.29, 0.717) is 5.95 Å². The molecule has 3 rings (SSSR count). The fraction of sp³-hybridized carbons (Fsp3) is 0.200. The van der Waals surface area contributed by atoms with Crippen LogP contribution in [0.4, 0.5) is 11.8 Å². The van der Waals surface area contributed by atoms with Crippen LogP contribution < -0.4 is 10.2 Å². The van der Waals surface area contributed by atoms with Crippen molar-refractivity contribution < 1.29 is 0 Å². The number of rotatable bonds is 6. The number of nitrogens with one attached hydrogen (secondary N) is 1. The van der Waals surface area contributed by atoms with E-state index < -0.39 is 0 Å². The summed E-state index contributed by atoms with van der Waals surface area (Å²) in [7, 11) is 1.84. The molecule has 2 aromatic carbocycles. The molecule has 0 fully saturated rings. The minimum absolute atomic E-state index is 0.649. The van der Waals surface area contributed by atoms with E-state index in [2.05, 4.69) is 68.7 Å². The molecule has 0 saturated heterocycles. The Morgan fingerprint density at radius 2 is 1.38 bits per heavy atom. The molecule has 0 bridgehead atoms. The maximum Gasteiger partial charge on any atom is 0.224 e. The number of anilines is 2. The second kappa shape index (κ2) is 7.59. The molecule has 4 heteroatoms. The molecule has 1 aromatic heterocycles. The van der Waals surface area contributed by atoms with E-state index in [4.69, 9.17) is 0 Å². The highest BCUT2D eigenvalue weighted by Crippen LogP contribution is 2.20. The first-order valence-electron chi connectivity index (χ1n) is 8.11. The third kappa shape index (κ3) is 4.10.